The summed E-state index contributed by atoms with van der Waals surface area (Å²) < 4.78 is 0. The van der Waals surface area contributed by atoms with Crippen molar-refractivity contribution >= 4 is 17.1 Å². The van der Waals surface area contributed by atoms with Crippen LogP contribution in [-0.4, -0.2) is 22.1 Å². The van der Waals surface area contributed by atoms with Gasteiger partial charge in [-0.25, -0.2) is 0 Å². The Morgan fingerprint density at radius 2 is 1.27 bits per heavy atom. The third kappa shape index (κ3) is 11.9. The highest BCUT2D eigenvalue weighted by molar-refractivity contribution is 5.63. The first-order chi connectivity index (χ1) is 23.7. The maximum atomic E-state index is 11.3. The molecule has 0 heterocycles. The molecule has 0 saturated carbocycles. The van der Waals surface area contributed by atoms with Gasteiger partial charge < -0.3 is 20.6 Å². The van der Waals surface area contributed by atoms with Crippen LogP contribution in [0.25, 0.3) is 0 Å². The molecule has 0 bridgehead atoms. The smallest absolute Gasteiger partial charge is 0.123 e. The van der Waals surface area contributed by atoms with Gasteiger partial charge in [-0.2, -0.15) is 0 Å². The molecular weight excluding hydrogens is 623 g/mol. The number of phenols is 1. The molecule has 1 aliphatic rings. The van der Waals surface area contributed by atoms with E-state index in [1.165, 1.54) is 23.2 Å². The van der Waals surface area contributed by atoms with Crippen molar-refractivity contribution in [2.75, 3.05) is 10.6 Å². The molecule has 0 spiro atoms. The molecule has 4 nitrogen and oxygen atoms in total. The van der Waals surface area contributed by atoms with Gasteiger partial charge in [0.1, 0.15) is 5.75 Å². The van der Waals surface area contributed by atoms with Crippen molar-refractivity contribution in [3.63, 3.8) is 0 Å². The summed E-state index contributed by atoms with van der Waals surface area (Å²) in [7, 11) is 0. The average Bonchev–Trinajstić information content (AvgIpc) is 3.00. The second kappa shape index (κ2) is 16.3. The molecule has 0 radical (unpaired) electrons. The number of rotatable bonds is 13. The highest BCUT2D eigenvalue weighted by Gasteiger charge is 2.28. The number of aromatic hydroxyl groups is 1. The van der Waals surface area contributed by atoms with E-state index >= 15 is 0 Å². The Hall–Kier alpha value is -3.66. The van der Waals surface area contributed by atoms with Gasteiger partial charge in [-0.15, -0.1) is 0 Å². The Balaban J connectivity index is 1.42. The Kier molecular flexibility index (Phi) is 12.9. The van der Waals surface area contributed by atoms with Crippen molar-refractivity contribution in [1.82, 2.24) is 4.90 Å². The molecule has 1 aliphatic carbocycles. The zero-order valence-corrected chi connectivity index (χ0v) is 34.2. The summed E-state index contributed by atoms with van der Waals surface area (Å²) in [5.74, 6) is 1.72. The van der Waals surface area contributed by atoms with Gasteiger partial charge in [0, 0.05) is 41.4 Å². The highest BCUT2D eigenvalue weighted by Crippen LogP contribution is 2.40. The van der Waals surface area contributed by atoms with Crippen LogP contribution in [0.15, 0.2) is 84.6 Å². The van der Waals surface area contributed by atoms with Crippen LogP contribution >= 0.6 is 0 Å². The van der Waals surface area contributed by atoms with Crippen LogP contribution in [0.5, 0.6) is 5.75 Å². The minimum atomic E-state index is -0.151. The van der Waals surface area contributed by atoms with Gasteiger partial charge in [-0.3, -0.25) is 0 Å². The second-order valence-corrected chi connectivity index (χ2v) is 19.1. The zero-order chi connectivity index (χ0) is 37.7. The van der Waals surface area contributed by atoms with Gasteiger partial charge in [0.2, 0.25) is 0 Å². The molecule has 3 aromatic rings. The maximum Gasteiger partial charge on any atom is 0.123 e. The molecule has 0 aliphatic heterocycles. The van der Waals surface area contributed by atoms with E-state index in [2.05, 4.69) is 184 Å². The molecule has 0 amide bonds. The predicted octanol–water partition coefficient (Wildman–Crippen LogP) is 12.9. The molecule has 3 N–H and O–H groups in total. The van der Waals surface area contributed by atoms with Crippen molar-refractivity contribution in [3.05, 3.63) is 107 Å². The van der Waals surface area contributed by atoms with Crippen LogP contribution in [0.4, 0.5) is 17.1 Å². The van der Waals surface area contributed by atoms with Crippen LogP contribution < -0.4 is 10.6 Å². The summed E-state index contributed by atoms with van der Waals surface area (Å²) in [5.41, 5.74) is 9.36. The monoisotopic (exact) mass is 692 g/mol. The first-order valence-electron chi connectivity index (χ1n) is 19.4. The normalized spacial score (nSPS) is 16.5. The lowest BCUT2D eigenvalue weighted by atomic mass is 9.78. The van der Waals surface area contributed by atoms with E-state index in [0.717, 1.165) is 54.0 Å². The maximum absolute atomic E-state index is 11.3. The first-order valence-corrected chi connectivity index (χ1v) is 19.4. The molecule has 0 saturated heterocycles. The molecule has 3 unspecified atom stereocenters. The van der Waals surface area contributed by atoms with Crippen LogP contribution in [0.1, 0.15) is 132 Å². The average molecular weight is 692 g/mol. The molecule has 51 heavy (non-hydrogen) atoms. The summed E-state index contributed by atoms with van der Waals surface area (Å²) in [6.45, 7) is 30.3. The summed E-state index contributed by atoms with van der Waals surface area (Å²) in [5, 5.41) is 18.6. The first kappa shape index (κ1) is 40.1. The van der Waals surface area contributed by atoms with E-state index in [0.29, 0.717) is 29.0 Å². The fourth-order valence-electron chi connectivity index (χ4n) is 7.64. The SMILES string of the molecule is CC(C)CC(C)N(Cc1cc(C(C)(C)C)c(O)c(C(C)(C)C)c1)C1=CCC(Nc2ccc(Nc3ccc(CC(C)CC(C)(C)C)cc3)cc2)C=C1. The number of phenolic OH excluding ortho intramolecular Hbond substituents is 1. The summed E-state index contributed by atoms with van der Waals surface area (Å²) in [6, 6.07) is 22.6. The molecule has 278 valence electrons. The van der Waals surface area contributed by atoms with Crippen LogP contribution in [0.2, 0.25) is 0 Å². The van der Waals surface area contributed by atoms with Crippen LogP contribution in [0, 0.1) is 17.3 Å². The summed E-state index contributed by atoms with van der Waals surface area (Å²) in [4.78, 5) is 2.57. The van der Waals surface area contributed by atoms with E-state index in [1.54, 1.807) is 0 Å². The van der Waals surface area contributed by atoms with Gasteiger partial charge in [-0.1, -0.05) is 107 Å². The topological polar surface area (TPSA) is 47.5 Å². The summed E-state index contributed by atoms with van der Waals surface area (Å²) in [6.07, 6.45) is 11.4. The highest BCUT2D eigenvalue weighted by atomic mass is 16.3. The van der Waals surface area contributed by atoms with Gasteiger partial charge in [0.25, 0.3) is 0 Å². The number of nitrogens with one attached hydrogen (secondary N) is 2. The third-order valence-corrected chi connectivity index (χ3v) is 9.92. The quantitative estimate of drug-likeness (QED) is 0.167. The lowest BCUT2D eigenvalue weighted by Gasteiger charge is -2.36. The van der Waals surface area contributed by atoms with Gasteiger partial charge in [-0.05, 0) is 138 Å². The lowest BCUT2D eigenvalue weighted by Crippen LogP contribution is -2.34. The fraction of sp³-hybridized carbons (Fsp3) is 0.532. The van der Waals surface area contributed by atoms with E-state index in [1.807, 2.05) is 0 Å². The Morgan fingerprint density at radius 3 is 1.75 bits per heavy atom. The molecular formula is C47H69N3O. The summed E-state index contributed by atoms with van der Waals surface area (Å²) >= 11 is 0. The van der Waals surface area contributed by atoms with Crippen molar-refractivity contribution in [2.45, 2.75) is 145 Å². The largest absolute Gasteiger partial charge is 0.507 e. The number of nitrogens with zero attached hydrogens (tertiary/aromatic N) is 1. The number of allylic oxidation sites excluding steroid dienone is 1. The standard InChI is InChI=1S/C47H69N3O/c1-32(2)26-34(4)50(31-36-28-42(46(8,9)10)44(51)43(29-36)47(11,12)13)41-24-22-40(23-25-41)49-39-20-18-38(19-21-39)48-37-16-14-35(15-17-37)27-33(3)30-45(5,6)7/h14-22,24-25,28-29,32-34,40,48-49,51H,23,26-27,30-31H2,1-13H3. The zero-order valence-electron chi connectivity index (χ0n) is 34.2. The molecule has 3 atom stereocenters. The van der Waals surface area contributed by atoms with Gasteiger partial charge in [0.15, 0.2) is 0 Å². The lowest BCUT2D eigenvalue weighted by molar-refractivity contribution is 0.234. The number of hydrogen-bond donors (Lipinski definition) is 3. The predicted molar refractivity (Wildman–Crippen MR) is 222 cm³/mol. The molecule has 0 aromatic heterocycles. The third-order valence-electron chi connectivity index (χ3n) is 9.92. The van der Waals surface area contributed by atoms with Crippen molar-refractivity contribution < 1.29 is 5.11 Å². The van der Waals surface area contributed by atoms with E-state index in [-0.39, 0.29) is 16.9 Å². The van der Waals surface area contributed by atoms with Crippen LogP contribution in [0.3, 0.4) is 0 Å². The van der Waals surface area contributed by atoms with E-state index < -0.39 is 0 Å². The fourth-order valence-corrected chi connectivity index (χ4v) is 7.64. The van der Waals surface area contributed by atoms with E-state index in [9.17, 15) is 5.11 Å². The Morgan fingerprint density at radius 1 is 0.745 bits per heavy atom. The minimum absolute atomic E-state index is 0.151. The van der Waals surface area contributed by atoms with Crippen molar-refractivity contribution in [2.24, 2.45) is 17.3 Å². The van der Waals surface area contributed by atoms with E-state index in [4.69, 9.17) is 0 Å². The number of anilines is 3. The van der Waals surface area contributed by atoms with Crippen molar-refractivity contribution in [3.8, 4) is 5.75 Å². The van der Waals surface area contributed by atoms with Gasteiger partial charge >= 0.3 is 0 Å². The van der Waals surface area contributed by atoms with Gasteiger partial charge in [0.05, 0.1) is 0 Å². The minimum Gasteiger partial charge on any atom is -0.507 e. The molecule has 4 rings (SSSR count). The molecule has 0 fully saturated rings. The molecule has 3 aromatic carbocycles. The van der Waals surface area contributed by atoms with Crippen molar-refractivity contribution in [1.29, 1.82) is 0 Å². The van der Waals surface area contributed by atoms with Crippen LogP contribution in [-0.2, 0) is 23.8 Å². The number of hydrogen-bond acceptors (Lipinski definition) is 4. The number of benzene rings is 3. The Labute approximate surface area is 311 Å². The Bertz CT molecular complexity index is 1590. The second-order valence-electron chi connectivity index (χ2n) is 19.1. The molecule has 4 heteroatoms.